The van der Waals surface area contributed by atoms with Crippen molar-refractivity contribution in [2.75, 3.05) is 6.61 Å². The van der Waals surface area contributed by atoms with Gasteiger partial charge in [0.1, 0.15) is 6.61 Å². The smallest absolute Gasteiger partial charge is 0.408 e. The highest BCUT2D eigenvalue weighted by Gasteiger charge is 2.42. The molecule has 1 aromatic rings. The summed E-state index contributed by atoms with van der Waals surface area (Å²) in [5, 5.41) is 2.68. The molecule has 2 fully saturated rings. The molecule has 5 nitrogen and oxygen atoms in total. The fourth-order valence-corrected chi connectivity index (χ4v) is 2.81. The molecule has 1 saturated heterocycles. The van der Waals surface area contributed by atoms with Crippen molar-refractivity contribution in [3.63, 3.8) is 0 Å². The van der Waals surface area contributed by atoms with Crippen molar-refractivity contribution in [3.8, 4) is 0 Å². The minimum absolute atomic E-state index is 0.0420. The monoisotopic (exact) mass is 275 g/mol. The molecular weight excluding hydrogens is 258 g/mol. The largest absolute Gasteiger partial charge is 0.445 e. The molecule has 3 rings (SSSR count). The van der Waals surface area contributed by atoms with Crippen LogP contribution >= 0.6 is 0 Å². The van der Waals surface area contributed by atoms with E-state index < -0.39 is 12.1 Å². The summed E-state index contributed by atoms with van der Waals surface area (Å²) >= 11 is 0. The molecule has 0 radical (unpaired) electrons. The lowest BCUT2D eigenvalue weighted by Crippen LogP contribution is -2.48. The van der Waals surface area contributed by atoms with Gasteiger partial charge in [0.15, 0.2) is 5.78 Å². The summed E-state index contributed by atoms with van der Waals surface area (Å²) in [7, 11) is 0. The van der Waals surface area contributed by atoms with Crippen LogP contribution in [-0.2, 0) is 20.9 Å². The summed E-state index contributed by atoms with van der Waals surface area (Å²) in [6, 6.07) is 8.98. The van der Waals surface area contributed by atoms with Crippen molar-refractivity contribution >= 4 is 11.9 Å². The first kappa shape index (κ1) is 13.1. The van der Waals surface area contributed by atoms with Gasteiger partial charge in [0.05, 0.1) is 18.8 Å². The minimum Gasteiger partial charge on any atom is -0.445 e. The third-order valence-electron chi connectivity index (χ3n) is 3.84. The molecule has 3 unspecified atom stereocenters. The fraction of sp³-hybridized carbons (Fsp3) is 0.467. The standard InChI is InChI=1S/C15H17NO4/c17-13-7-12-6-11(9-19-12)14(13)16-15(18)20-8-10-4-2-1-3-5-10/h1-5,11-12,14H,6-9H2,(H,16,18). The zero-order chi connectivity index (χ0) is 13.9. The van der Waals surface area contributed by atoms with Gasteiger partial charge in [-0.3, -0.25) is 4.79 Å². The first-order chi connectivity index (χ1) is 9.72. The number of alkyl carbamates (subject to hydrolysis) is 1. The maximum atomic E-state index is 11.9. The van der Waals surface area contributed by atoms with Crippen LogP contribution in [0.3, 0.4) is 0 Å². The number of carbonyl (C=O) groups is 2. The molecular formula is C15H17NO4. The Kier molecular flexibility index (Phi) is 3.69. The topological polar surface area (TPSA) is 64.6 Å². The van der Waals surface area contributed by atoms with E-state index in [0.717, 1.165) is 12.0 Å². The molecule has 1 aliphatic carbocycles. The molecule has 2 bridgehead atoms. The van der Waals surface area contributed by atoms with Gasteiger partial charge in [-0.15, -0.1) is 0 Å². The molecule has 0 spiro atoms. The number of hydrogen-bond acceptors (Lipinski definition) is 4. The minimum atomic E-state index is -0.544. The van der Waals surface area contributed by atoms with Crippen LogP contribution in [0.1, 0.15) is 18.4 Å². The van der Waals surface area contributed by atoms with Crippen LogP contribution in [0.25, 0.3) is 0 Å². The maximum absolute atomic E-state index is 11.9. The van der Waals surface area contributed by atoms with E-state index in [1.165, 1.54) is 0 Å². The number of hydrogen-bond donors (Lipinski definition) is 1. The highest BCUT2D eigenvalue weighted by atomic mass is 16.5. The molecule has 1 N–H and O–H groups in total. The van der Waals surface area contributed by atoms with Gasteiger partial charge in [0, 0.05) is 12.3 Å². The maximum Gasteiger partial charge on any atom is 0.408 e. The Balaban J connectivity index is 1.52. The van der Waals surface area contributed by atoms with Crippen molar-refractivity contribution in [1.29, 1.82) is 0 Å². The van der Waals surface area contributed by atoms with Gasteiger partial charge in [0.25, 0.3) is 0 Å². The Morgan fingerprint density at radius 3 is 2.95 bits per heavy atom. The second kappa shape index (κ2) is 5.63. The molecule has 106 valence electrons. The molecule has 1 amide bonds. The number of amides is 1. The van der Waals surface area contributed by atoms with E-state index in [4.69, 9.17) is 9.47 Å². The first-order valence-corrected chi connectivity index (χ1v) is 6.84. The zero-order valence-corrected chi connectivity index (χ0v) is 11.1. The van der Waals surface area contributed by atoms with Crippen LogP contribution in [0, 0.1) is 5.92 Å². The Bertz CT molecular complexity index is 502. The lowest BCUT2D eigenvalue weighted by molar-refractivity contribution is -0.124. The summed E-state index contributed by atoms with van der Waals surface area (Å²) < 4.78 is 10.6. The molecule has 5 heteroatoms. The van der Waals surface area contributed by atoms with Crippen LogP contribution in [0.2, 0.25) is 0 Å². The van der Waals surface area contributed by atoms with Gasteiger partial charge >= 0.3 is 6.09 Å². The summed E-state index contributed by atoms with van der Waals surface area (Å²) in [4.78, 5) is 23.7. The Morgan fingerprint density at radius 2 is 2.15 bits per heavy atom. The van der Waals surface area contributed by atoms with Crippen molar-refractivity contribution in [1.82, 2.24) is 5.32 Å². The summed E-state index contributed by atoms with van der Waals surface area (Å²) in [6.45, 7) is 0.747. The third kappa shape index (κ3) is 2.82. The Labute approximate surface area is 117 Å². The number of rotatable bonds is 3. The van der Waals surface area contributed by atoms with Gasteiger partial charge in [-0.05, 0) is 12.0 Å². The average molecular weight is 275 g/mol. The molecule has 1 aliphatic heterocycles. The van der Waals surface area contributed by atoms with Gasteiger partial charge in [0.2, 0.25) is 0 Å². The van der Waals surface area contributed by atoms with Crippen LogP contribution < -0.4 is 5.32 Å². The first-order valence-electron chi connectivity index (χ1n) is 6.84. The molecule has 1 saturated carbocycles. The zero-order valence-electron chi connectivity index (χ0n) is 11.1. The van der Waals surface area contributed by atoms with Crippen LogP contribution in [-0.4, -0.2) is 30.6 Å². The third-order valence-corrected chi connectivity index (χ3v) is 3.84. The quantitative estimate of drug-likeness (QED) is 0.911. The Morgan fingerprint density at radius 1 is 1.35 bits per heavy atom. The number of fused-ring (bicyclic) bond motifs is 2. The van der Waals surface area contributed by atoms with E-state index in [-0.39, 0.29) is 24.4 Å². The second-order valence-electron chi connectivity index (χ2n) is 5.31. The molecule has 2 aliphatic rings. The SMILES string of the molecule is O=C(NC1C(=O)CC2CC1CO2)OCc1ccccc1. The van der Waals surface area contributed by atoms with Crippen molar-refractivity contribution in [2.24, 2.45) is 5.92 Å². The lowest BCUT2D eigenvalue weighted by Gasteiger charge is -2.26. The number of Topliss-reactive ketones (excluding diaryl/α,β-unsaturated/α-hetero) is 1. The van der Waals surface area contributed by atoms with Crippen LogP contribution in [0.15, 0.2) is 30.3 Å². The molecule has 1 heterocycles. The predicted octanol–water partition coefficient (Wildman–Crippen LogP) is 1.66. The number of ether oxygens (including phenoxy) is 2. The highest BCUT2D eigenvalue weighted by Crippen LogP contribution is 2.31. The van der Waals surface area contributed by atoms with E-state index in [1.807, 2.05) is 30.3 Å². The summed E-state index contributed by atoms with van der Waals surface area (Å²) in [5.41, 5.74) is 0.918. The average Bonchev–Trinajstić information content (AvgIpc) is 2.86. The van der Waals surface area contributed by atoms with E-state index in [2.05, 4.69) is 5.32 Å². The second-order valence-corrected chi connectivity index (χ2v) is 5.31. The normalized spacial score (nSPS) is 28.2. The number of benzene rings is 1. The number of ketones is 1. The number of carbonyl (C=O) groups excluding carboxylic acids is 2. The van der Waals surface area contributed by atoms with Crippen LogP contribution in [0.4, 0.5) is 4.79 Å². The van der Waals surface area contributed by atoms with E-state index in [0.29, 0.717) is 13.0 Å². The van der Waals surface area contributed by atoms with Crippen molar-refractivity contribution in [3.05, 3.63) is 35.9 Å². The molecule has 0 aromatic heterocycles. The van der Waals surface area contributed by atoms with Crippen molar-refractivity contribution in [2.45, 2.75) is 31.6 Å². The predicted molar refractivity (Wildman–Crippen MR) is 71.0 cm³/mol. The Hall–Kier alpha value is -1.88. The van der Waals surface area contributed by atoms with Gasteiger partial charge in [-0.2, -0.15) is 0 Å². The van der Waals surface area contributed by atoms with E-state index in [9.17, 15) is 9.59 Å². The highest BCUT2D eigenvalue weighted by molar-refractivity contribution is 5.89. The summed E-state index contributed by atoms with van der Waals surface area (Å²) in [6.07, 6.45) is 0.735. The fourth-order valence-electron chi connectivity index (χ4n) is 2.81. The van der Waals surface area contributed by atoms with Crippen LogP contribution in [0.5, 0.6) is 0 Å². The lowest BCUT2D eigenvalue weighted by atomic mass is 9.85. The molecule has 3 atom stereocenters. The van der Waals surface area contributed by atoms with E-state index >= 15 is 0 Å². The van der Waals surface area contributed by atoms with Gasteiger partial charge < -0.3 is 14.8 Å². The van der Waals surface area contributed by atoms with E-state index in [1.54, 1.807) is 0 Å². The van der Waals surface area contributed by atoms with Gasteiger partial charge in [-0.1, -0.05) is 30.3 Å². The molecule has 20 heavy (non-hydrogen) atoms. The summed E-state index contributed by atoms with van der Waals surface area (Å²) in [5.74, 6) is 0.130. The van der Waals surface area contributed by atoms with Gasteiger partial charge in [-0.25, -0.2) is 4.79 Å². The number of nitrogens with one attached hydrogen (secondary N) is 1. The molecule has 1 aromatic carbocycles. The van der Waals surface area contributed by atoms with Crippen molar-refractivity contribution < 1.29 is 19.1 Å².